The number of benzene rings is 2. The van der Waals surface area contributed by atoms with Crippen LogP contribution in [0.4, 0.5) is 21.5 Å². The summed E-state index contributed by atoms with van der Waals surface area (Å²) in [6.07, 6.45) is 0. The number of nitrogens with two attached hydrogens (primary N) is 1. The number of anilines is 3. The van der Waals surface area contributed by atoms with E-state index in [1.165, 1.54) is 31.3 Å². The van der Waals surface area contributed by atoms with Gasteiger partial charge in [0.2, 0.25) is 10.0 Å². The molecule has 0 heterocycles. The maximum absolute atomic E-state index is 13.7. The summed E-state index contributed by atoms with van der Waals surface area (Å²) in [4.78, 5) is -0.0249. The molecule has 0 atom stereocenters. The first-order valence-corrected chi connectivity index (χ1v) is 8.17. The van der Waals surface area contributed by atoms with Crippen LogP contribution < -0.4 is 15.8 Å². The number of rotatable bonds is 4. The Bertz CT molecular complexity index is 761. The van der Waals surface area contributed by atoms with Crippen LogP contribution in [0.15, 0.2) is 45.8 Å². The quantitative estimate of drug-likeness (QED) is 0.719. The van der Waals surface area contributed by atoms with Gasteiger partial charge in [-0.25, -0.2) is 17.5 Å². The van der Waals surface area contributed by atoms with Gasteiger partial charge in [-0.2, -0.15) is 0 Å². The van der Waals surface area contributed by atoms with E-state index in [1.54, 1.807) is 12.1 Å². The van der Waals surface area contributed by atoms with Gasteiger partial charge in [0.15, 0.2) is 0 Å². The van der Waals surface area contributed by atoms with E-state index in [0.717, 1.165) is 0 Å². The zero-order chi connectivity index (χ0) is 15.6. The molecule has 0 unspecified atom stereocenters. The number of halogens is 2. The van der Waals surface area contributed by atoms with Gasteiger partial charge in [0.05, 0.1) is 11.4 Å². The van der Waals surface area contributed by atoms with Crippen LogP contribution in [0.25, 0.3) is 0 Å². The molecule has 0 bridgehead atoms. The first-order chi connectivity index (χ1) is 9.85. The molecule has 8 heteroatoms. The zero-order valence-corrected chi connectivity index (χ0v) is 13.4. The average molecular weight is 374 g/mol. The molecular formula is C13H13BrFN3O2S. The van der Waals surface area contributed by atoms with Crippen LogP contribution in [0.2, 0.25) is 0 Å². The van der Waals surface area contributed by atoms with Crippen LogP contribution >= 0.6 is 15.9 Å². The van der Waals surface area contributed by atoms with E-state index in [2.05, 4.69) is 26.0 Å². The van der Waals surface area contributed by atoms with Crippen molar-refractivity contribution < 1.29 is 12.8 Å². The van der Waals surface area contributed by atoms with Crippen molar-refractivity contribution in [3.8, 4) is 0 Å². The number of sulfonamides is 1. The molecule has 0 spiro atoms. The number of hydrogen-bond donors (Lipinski definition) is 3. The van der Waals surface area contributed by atoms with Crippen molar-refractivity contribution in [3.63, 3.8) is 0 Å². The Hall–Kier alpha value is -1.64. The van der Waals surface area contributed by atoms with Gasteiger partial charge < -0.3 is 11.1 Å². The number of hydrogen-bond acceptors (Lipinski definition) is 4. The summed E-state index contributed by atoms with van der Waals surface area (Å²) < 4.78 is 39.9. The van der Waals surface area contributed by atoms with Gasteiger partial charge in [0.1, 0.15) is 10.7 Å². The molecule has 2 aromatic carbocycles. The molecule has 21 heavy (non-hydrogen) atoms. The second-order valence-electron chi connectivity index (χ2n) is 4.18. The molecule has 112 valence electrons. The molecule has 0 aliphatic carbocycles. The molecule has 0 fully saturated rings. The van der Waals surface area contributed by atoms with Crippen LogP contribution in [0.1, 0.15) is 0 Å². The fraction of sp³-hybridized carbons (Fsp3) is 0.0769. The Labute approximate surface area is 130 Å². The largest absolute Gasteiger partial charge is 0.398 e. The molecule has 0 aromatic heterocycles. The number of nitrogen functional groups attached to an aromatic ring is 1. The third-order valence-corrected chi connectivity index (χ3v) is 4.95. The summed E-state index contributed by atoms with van der Waals surface area (Å²) in [5.41, 5.74) is 6.55. The average Bonchev–Trinajstić information content (AvgIpc) is 2.43. The summed E-state index contributed by atoms with van der Waals surface area (Å²) in [6.45, 7) is 0. The molecule has 0 amide bonds. The lowest BCUT2D eigenvalue weighted by atomic mass is 10.2. The second-order valence-corrected chi connectivity index (χ2v) is 6.89. The first-order valence-electron chi connectivity index (χ1n) is 5.89. The standard InChI is InChI=1S/C13H13BrFN3O2S/c1-17-21(19,20)12-6-5-8(7-11(12)16)18-13-9(14)3-2-4-10(13)15/h2-7,17-18H,16H2,1H3. The van der Waals surface area contributed by atoms with Gasteiger partial charge in [-0.15, -0.1) is 0 Å². The fourth-order valence-electron chi connectivity index (χ4n) is 1.74. The minimum absolute atomic E-state index is 0.0249. The van der Waals surface area contributed by atoms with Crippen molar-refractivity contribution in [1.29, 1.82) is 0 Å². The summed E-state index contributed by atoms with van der Waals surface area (Å²) in [5.74, 6) is -0.435. The second kappa shape index (κ2) is 6.00. The maximum Gasteiger partial charge on any atom is 0.242 e. The van der Waals surface area contributed by atoms with Crippen molar-refractivity contribution in [2.45, 2.75) is 4.90 Å². The molecule has 5 nitrogen and oxygen atoms in total. The van der Waals surface area contributed by atoms with E-state index in [-0.39, 0.29) is 16.3 Å². The summed E-state index contributed by atoms with van der Waals surface area (Å²) >= 11 is 3.24. The van der Waals surface area contributed by atoms with E-state index < -0.39 is 15.8 Å². The lowest BCUT2D eigenvalue weighted by Gasteiger charge is -2.12. The Morgan fingerprint density at radius 1 is 1.24 bits per heavy atom. The van der Waals surface area contributed by atoms with Crippen LogP contribution in [0.3, 0.4) is 0 Å². The lowest BCUT2D eigenvalue weighted by Crippen LogP contribution is -2.19. The Morgan fingerprint density at radius 2 is 1.95 bits per heavy atom. The third-order valence-electron chi connectivity index (χ3n) is 2.80. The Kier molecular flexibility index (Phi) is 4.50. The van der Waals surface area contributed by atoms with Gasteiger partial charge in [0, 0.05) is 10.2 Å². The summed E-state index contributed by atoms with van der Waals surface area (Å²) in [7, 11) is -2.32. The van der Waals surface area contributed by atoms with E-state index in [9.17, 15) is 12.8 Å². The minimum Gasteiger partial charge on any atom is -0.398 e. The highest BCUT2D eigenvalue weighted by atomic mass is 79.9. The molecular weight excluding hydrogens is 361 g/mol. The molecule has 2 aromatic rings. The van der Waals surface area contributed by atoms with Gasteiger partial charge >= 0.3 is 0 Å². The van der Waals surface area contributed by atoms with Gasteiger partial charge in [0.25, 0.3) is 0 Å². The van der Waals surface area contributed by atoms with Crippen LogP contribution in [-0.2, 0) is 10.0 Å². The smallest absolute Gasteiger partial charge is 0.242 e. The first kappa shape index (κ1) is 15.7. The van der Waals surface area contributed by atoms with Crippen molar-refractivity contribution in [3.05, 3.63) is 46.7 Å². The number of para-hydroxylation sites is 1. The minimum atomic E-state index is -3.62. The van der Waals surface area contributed by atoms with E-state index in [4.69, 9.17) is 5.73 Å². The molecule has 0 radical (unpaired) electrons. The van der Waals surface area contributed by atoms with Crippen LogP contribution in [0.5, 0.6) is 0 Å². The van der Waals surface area contributed by atoms with Gasteiger partial charge in [-0.1, -0.05) is 6.07 Å². The fourth-order valence-corrected chi connectivity index (χ4v) is 3.02. The van der Waals surface area contributed by atoms with Crippen LogP contribution in [-0.4, -0.2) is 15.5 Å². The van der Waals surface area contributed by atoms with Crippen molar-refractivity contribution in [2.24, 2.45) is 0 Å². The highest BCUT2D eigenvalue weighted by Crippen LogP contribution is 2.30. The normalized spacial score (nSPS) is 11.4. The van der Waals surface area contributed by atoms with E-state index in [0.29, 0.717) is 10.2 Å². The van der Waals surface area contributed by atoms with Crippen molar-refractivity contribution in [2.75, 3.05) is 18.1 Å². The van der Waals surface area contributed by atoms with Crippen molar-refractivity contribution in [1.82, 2.24) is 4.72 Å². The highest BCUT2D eigenvalue weighted by molar-refractivity contribution is 9.10. The third kappa shape index (κ3) is 3.34. The highest BCUT2D eigenvalue weighted by Gasteiger charge is 2.16. The molecule has 2 rings (SSSR count). The maximum atomic E-state index is 13.7. The predicted molar refractivity (Wildman–Crippen MR) is 84.5 cm³/mol. The number of nitrogens with one attached hydrogen (secondary N) is 2. The van der Waals surface area contributed by atoms with Gasteiger partial charge in [-0.3, -0.25) is 0 Å². The molecule has 0 aliphatic rings. The van der Waals surface area contributed by atoms with E-state index in [1.807, 2.05) is 0 Å². The Morgan fingerprint density at radius 3 is 2.52 bits per heavy atom. The lowest BCUT2D eigenvalue weighted by molar-refractivity contribution is 0.588. The van der Waals surface area contributed by atoms with Gasteiger partial charge in [-0.05, 0) is 53.3 Å². The Balaban J connectivity index is 2.38. The monoisotopic (exact) mass is 373 g/mol. The van der Waals surface area contributed by atoms with Crippen LogP contribution in [0, 0.1) is 5.82 Å². The molecule has 0 saturated carbocycles. The zero-order valence-electron chi connectivity index (χ0n) is 11.0. The summed E-state index contributed by atoms with van der Waals surface area (Å²) in [6, 6.07) is 8.88. The molecule has 0 aliphatic heterocycles. The topological polar surface area (TPSA) is 84.2 Å². The summed E-state index contributed by atoms with van der Waals surface area (Å²) in [5, 5.41) is 2.86. The van der Waals surface area contributed by atoms with E-state index >= 15 is 0 Å². The molecule has 4 N–H and O–H groups in total. The predicted octanol–water partition coefficient (Wildman–Crippen LogP) is 2.82. The SMILES string of the molecule is CNS(=O)(=O)c1ccc(Nc2c(F)cccc2Br)cc1N. The molecule has 0 saturated heterocycles. The van der Waals surface area contributed by atoms with Crippen molar-refractivity contribution >= 4 is 43.0 Å².